The topological polar surface area (TPSA) is 49.4 Å². The SMILES string of the molecule is O=C(CCCCCN1C(=O)/C(=C/c2ccc(F)cc2)SC1=S)Nc1ccccc1C(F)(F)F. The molecule has 0 radical (unpaired) electrons. The van der Waals surface area contributed by atoms with Crippen molar-refractivity contribution in [3.8, 4) is 0 Å². The summed E-state index contributed by atoms with van der Waals surface area (Å²) < 4.78 is 52.5. The van der Waals surface area contributed by atoms with Crippen LogP contribution >= 0.6 is 24.0 Å². The number of carbonyl (C=O) groups excluding carboxylic acids is 2. The number of carbonyl (C=O) groups is 2. The van der Waals surface area contributed by atoms with E-state index in [0.29, 0.717) is 40.6 Å². The number of unbranched alkanes of at least 4 members (excludes halogenated alkanes) is 2. The molecule has 33 heavy (non-hydrogen) atoms. The number of nitrogens with one attached hydrogen (secondary N) is 1. The quantitative estimate of drug-likeness (QED) is 0.203. The molecule has 1 saturated heterocycles. The van der Waals surface area contributed by atoms with Gasteiger partial charge >= 0.3 is 6.18 Å². The number of thiocarbonyl (C=S) groups is 1. The van der Waals surface area contributed by atoms with E-state index in [1.807, 2.05) is 0 Å². The lowest BCUT2D eigenvalue weighted by atomic mass is 10.1. The number of hydrogen-bond donors (Lipinski definition) is 1. The standard InChI is InChI=1S/C23H20F4N2O2S2/c24-16-11-9-15(10-12-16)14-19-21(31)29(22(32)33-19)13-5-1-2-8-20(30)28-18-7-4-3-6-17(18)23(25,26)27/h3-4,6-7,9-12,14H,1-2,5,8,13H2,(H,28,30)/b19-14-. The number of para-hydroxylation sites is 1. The summed E-state index contributed by atoms with van der Waals surface area (Å²) in [7, 11) is 0. The van der Waals surface area contributed by atoms with E-state index < -0.39 is 17.6 Å². The first-order chi connectivity index (χ1) is 15.6. The molecule has 2 aromatic carbocycles. The van der Waals surface area contributed by atoms with Gasteiger partial charge in [0.15, 0.2) is 0 Å². The molecule has 0 unspecified atom stereocenters. The maximum atomic E-state index is 13.0. The number of alkyl halides is 3. The van der Waals surface area contributed by atoms with Crippen LogP contribution in [-0.4, -0.2) is 27.6 Å². The van der Waals surface area contributed by atoms with Gasteiger partial charge in [0, 0.05) is 13.0 Å². The summed E-state index contributed by atoms with van der Waals surface area (Å²) in [6, 6.07) is 10.6. The predicted molar refractivity (Wildman–Crippen MR) is 125 cm³/mol. The van der Waals surface area contributed by atoms with Crippen LogP contribution in [0.1, 0.15) is 36.8 Å². The highest BCUT2D eigenvalue weighted by molar-refractivity contribution is 8.26. The Kier molecular flexibility index (Phi) is 8.25. The number of anilines is 1. The minimum Gasteiger partial charge on any atom is -0.326 e. The number of rotatable bonds is 8. The Morgan fingerprint density at radius 3 is 2.45 bits per heavy atom. The van der Waals surface area contributed by atoms with Crippen LogP contribution in [0.5, 0.6) is 0 Å². The fourth-order valence-electron chi connectivity index (χ4n) is 3.19. The van der Waals surface area contributed by atoms with E-state index in [-0.39, 0.29) is 23.8 Å². The maximum Gasteiger partial charge on any atom is 0.418 e. The average Bonchev–Trinajstić information content (AvgIpc) is 3.02. The molecule has 1 aliphatic heterocycles. The van der Waals surface area contributed by atoms with Gasteiger partial charge in [0.05, 0.1) is 16.2 Å². The number of halogens is 4. The van der Waals surface area contributed by atoms with E-state index >= 15 is 0 Å². The van der Waals surface area contributed by atoms with E-state index in [1.54, 1.807) is 18.2 Å². The Balaban J connectivity index is 1.44. The summed E-state index contributed by atoms with van der Waals surface area (Å²) in [5, 5.41) is 2.32. The van der Waals surface area contributed by atoms with Gasteiger partial charge in [0.25, 0.3) is 5.91 Å². The summed E-state index contributed by atoms with van der Waals surface area (Å²) in [4.78, 5) is 26.6. The van der Waals surface area contributed by atoms with Gasteiger partial charge in [-0.2, -0.15) is 13.2 Å². The fraction of sp³-hybridized carbons (Fsp3) is 0.261. The van der Waals surface area contributed by atoms with Gasteiger partial charge < -0.3 is 5.32 Å². The van der Waals surface area contributed by atoms with Gasteiger partial charge in [-0.25, -0.2) is 4.39 Å². The first-order valence-corrected chi connectivity index (χ1v) is 11.3. The summed E-state index contributed by atoms with van der Waals surface area (Å²) in [6.45, 7) is 0.379. The van der Waals surface area contributed by atoms with Crippen molar-refractivity contribution in [1.82, 2.24) is 4.90 Å². The molecule has 1 heterocycles. The first kappa shape index (κ1) is 24.9. The van der Waals surface area contributed by atoms with E-state index in [2.05, 4.69) is 5.32 Å². The molecule has 1 fully saturated rings. The zero-order valence-electron chi connectivity index (χ0n) is 17.3. The lowest BCUT2D eigenvalue weighted by Crippen LogP contribution is -2.29. The Bertz CT molecular complexity index is 1070. The van der Waals surface area contributed by atoms with Gasteiger partial charge in [-0.1, -0.05) is 54.7 Å². The number of nitrogens with zero attached hydrogens (tertiary/aromatic N) is 1. The van der Waals surface area contributed by atoms with Crippen molar-refractivity contribution in [1.29, 1.82) is 0 Å². The second-order valence-corrected chi connectivity index (χ2v) is 8.96. The molecule has 0 atom stereocenters. The highest BCUT2D eigenvalue weighted by Crippen LogP contribution is 2.35. The lowest BCUT2D eigenvalue weighted by Gasteiger charge is -2.14. The number of thioether (sulfide) groups is 1. The Morgan fingerprint density at radius 2 is 1.76 bits per heavy atom. The second kappa shape index (κ2) is 10.9. The molecular weight excluding hydrogens is 476 g/mol. The lowest BCUT2D eigenvalue weighted by molar-refractivity contribution is -0.137. The Hall–Kier alpha value is -2.72. The molecule has 174 valence electrons. The third-order valence-corrected chi connectivity index (χ3v) is 6.21. The van der Waals surface area contributed by atoms with Crippen LogP contribution in [0, 0.1) is 5.82 Å². The van der Waals surface area contributed by atoms with Crippen LogP contribution in [0.15, 0.2) is 53.4 Å². The summed E-state index contributed by atoms with van der Waals surface area (Å²) in [5.74, 6) is -1.09. The highest BCUT2D eigenvalue weighted by atomic mass is 32.2. The van der Waals surface area contributed by atoms with Gasteiger partial charge in [0.1, 0.15) is 10.1 Å². The Labute approximate surface area is 198 Å². The summed E-state index contributed by atoms with van der Waals surface area (Å²) in [6.07, 6.45) is -1.19. The summed E-state index contributed by atoms with van der Waals surface area (Å²) in [5.41, 5.74) is -0.461. The van der Waals surface area contributed by atoms with Crippen LogP contribution in [0.3, 0.4) is 0 Å². The molecule has 4 nitrogen and oxygen atoms in total. The molecule has 1 N–H and O–H groups in total. The summed E-state index contributed by atoms with van der Waals surface area (Å²) >= 11 is 6.45. The van der Waals surface area contributed by atoms with E-state index in [0.717, 1.165) is 6.07 Å². The van der Waals surface area contributed by atoms with Crippen LogP contribution < -0.4 is 5.32 Å². The van der Waals surface area contributed by atoms with Crippen molar-refractivity contribution < 1.29 is 27.2 Å². The number of benzene rings is 2. The van der Waals surface area contributed by atoms with E-state index in [9.17, 15) is 27.2 Å². The van der Waals surface area contributed by atoms with Crippen molar-refractivity contribution in [2.24, 2.45) is 0 Å². The van der Waals surface area contributed by atoms with Gasteiger partial charge in [-0.05, 0) is 48.7 Å². The monoisotopic (exact) mass is 496 g/mol. The largest absolute Gasteiger partial charge is 0.418 e. The molecule has 0 spiro atoms. The van der Waals surface area contributed by atoms with Crippen molar-refractivity contribution in [3.05, 3.63) is 70.4 Å². The minimum absolute atomic E-state index is 0.0645. The van der Waals surface area contributed by atoms with Crippen LogP contribution in [0.2, 0.25) is 0 Å². The molecule has 0 aromatic heterocycles. The molecule has 2 amide bonds. The highest BCUT2D eigenvalue weighted by Gasteiger charge is 2.33. The maximum absolute atomic E-state index is 13.0. The van der Waals surface area contributed by atoms with Gasteiger partial charge in [-0.3, -0.25) is 14.5 Å². The van der Waals surface area contributed by atoms with Gasteiger partial charge in [-0.15, -0.1) is 0 Å². The number of hydrogen-bond acceptors (Lipinski definition) is 4. The fourth-order valence-corrected chi connectivity index (χ4v) is 4.50. The molecule has 10 heteroatoms. The van der Waals surface area contributed by atoms with Crippen molar-refractivity contribution >= 4 is 51.9 Å². The first-order valence-electron chi connectivity index (χ1n) is 10.1. The third-order valence-electron chi connectivity index (χ3n) is 4.83. The minimum atomic E-state index is -4.55. The normalized spacial score (nSPS) is 15.4. The van der Waals surface area contributed by atoms with Crippen molar-refractivity contribution in [3.63, 3.8) is 0 Å². The van der Waals surface area contributed by atoms with Crippen LogP contribution in [0.25, 0.3) is 6.08 Å². The van der Waals surface area contributed by atoms with Crippen LogP contribution in [-0.2, 0) is 15.8 Å². The third kappa shape index (κ3) is 6.88. The van der Waals surface area contributed by atoms with Gasteiger partial charge in [0.2, 0.25) is 5.91 Å². The average molecular weight is 497 g/mol. The smallest absolute Gasteiger partial charge is 0.326 e. The van der Waals surface area contributed by atoms with E-state index in [1.165, 1.54) is 47.0 Å². The molecule has 0 bridgehead atoms. The molecule has 3 rings (SSSR count). The van der Waals surface area contributed by atoms with Crippen molar-refractivity contribution in [2.45, 2.75) is 31.9 Å². The number of amides is 2. The molecular formula is C23H20F4N2O2S2. The predicted octanol–water partition coefficient (Wildman–Crippen LogP) is 6.24. The molecule has 1 aliphatic rings. The zero-order chi connectivity index (χ0) is 24.0. The second-order valence-electron chi connectivity index (χ2n) is 7.29. The zero-order valence-corrected chi connectivity index (χ0v) is 19.0. The molecule has 0 aliphatic carbocycles. The van der Waals surface area contributed by atoms with Crippen LogP contribution in [0.4, 0.5) is 23.2 Å². The van der Waals surface area contributed by atoms with Crippen molar-refractivity contribution in [2.75, 3.05) is 11.9 Å². The van der Waals surface area contributed by atoms with E-state index in [4.69, 9.17) is 12.2 Å². The molecule has 0 saturated carbocycles. The molecule has 2 aromatic rings. The Morgan fingerprint density at radius 1 is 1.06 bits per heavy atom.